The van der Waals surface area contributed by atoms with E-state index in [4.69, 9.17) is 10.5 Å². The summed E-state index contributed by atoms with van der Waals surface area (Å²) >= 11 is 0. The zero-order chi connectivity index (χ0) is 14.2. The van der Waals surface area contributed by atoms with Crippen LogP contribution in [0.3, 0.4) is 0 Å². The van der Waals surface area contributed by atoms with E-state index < -0.39 is 0 Å². The molecule has 1 atom stereocenters. The minimum Gasteiger partial charge on any atom is -0.494 e. The van der Waals surface area contributed by atoms with E-state index in [0.717, 1.165) is 17.9 Å². The van der Waals surface area contributed by atoms with Crippen molar-refractivity contribution in [3.8, 4) is 5.75 Å². The Kier molecular flexibility index (Phi) is 5.59. The van der Waals surface area contributed by atoms with Crippen LogP contribution in [0.25, 0.3) is 0 Å². The largest absolute Gasteiger partial charge is 0.494 e. The van der Waals surface area contributed by atoms with Gasteiger partial charge in [0.05, 0.1) is 6.61 Å². The van der Waals surface area contributed by atoms with Crippen LogP contribution in [0.5, 0.6) is 5.75 Å². The summed E-state index contributed by atoms with van der Waals surface area (Å²) in [6.07, 6.45) is 0. The number of ether oxygens (including phenoxy) is 1. The third-order valence-corrected chi connectivity index (χ3v) is 3.23. The zero-order valence-electron chi connectivity index (χ0n) is 11.9. The monoisotopic (exact) mass is 270 g/mol. The quantitative estimate of drug-likeness (QED) is 0.813. The van der Waals surface area contributed by atoms with E-state index in [-0.39, 0.29) is 6.04 Å². The molecule has 0 saturated carbocycles. The Morgan fingerprint density at radius 3 is 2.45 bits per heavy atom. The number of hydrogen-bond acceptors (Lipinski definition) is 3. The summed E-state index contributed by atoms with van der Waals surface area (Å²) in [5.74, 6) is 0.908. The van der Waals surface area contributed by atoms with Crippen molar-refractivity contribution in [3.05, 3.63) is 65.7 Å². The van der Waals surface area contributed by atoms with Gasteiger partial charge in [0.25, 0.3) is 0 Å². The molecule has 3 heteroatoms. The molecule has 0 aliphatic carbocycles. The Morgan fingerprint density at radius 2 is 1.75 bits per heavy atom. The minimum absolute atomic E-state index is 0.0953. The summed E-state index contributed by atoms with van der Waals surface area (Å²) in [5.41, 5.74) is 8.28. The molecule has 20 heavy (non-hydrogen) atoms. The predicted octanol–water partition coefficient (Wildman–Crippen LogP) is 2.87. The number of nitrogens with one attached hydrogen (secondary N) is 1. The molecular formula is C17H22N2O. The average Bonchev–Trinajstić information content (AvgIpc) is 2.51. The maximum Gasteiger partial charge on any atom is 0.124 e. The molecule has 0 aromatic heterocycles. The van der Waals surface area contributed by atoms with Crippen LogP contribution in [0.4, 0.5) is 0 Å². The van der Waals surface area contributed by atoms with Crippen molar-refractivity contribution in [3.63, 3.8) is 0 Å². The van der Waals surface area contributed by atoms with Gasteiger partial charge < -0.3 is 15.8 Å². The van der Waals surface area contributed by atoms with E-state index in [2.05, 4.69) is 23.5 Å². The van der Waals surface area contributed by atoms with Crippen molar-refractivity contribution in [2.75, 3.05) is 13.2 Å². The van der Waals surface area contributed by atoms with Gasteiger partial charge in [-0.3, -0.25) is 0 Å². The third kappa shape index (κ3) is 3.83. The van der Waals surface area contributed by atoms with E-state index in [1.807, 2.05) is 43.3 Å². The summed E-state index contributed by atoms with van der Waals surface area (Å²) in [5, 5.41) is 3.50. The molecular weight excluding hydrogens is 248 g/mol. The molecule has 2 aromatic carbocycles. The van der Waals surface area contributed by atoms with Gasteiger partial charge >= 0.3 is 0 Å². The van der Waals surface area contributed by atoms with Crippen molar-refractivity contribution in [2.45, 2.75) is 19.5 Å². The van der Waals surface area contributed by atoms with E-state index in [9.17, 15) is 0 Å². The Bertz CT molecular complexity index is 513. The third-order valence-electron chi connectivity index (χ3n) is 3.23. The molecule has 0 spiro atoms. The second-order valence-corrected chi connectivity index (χ2v) is 4.63. The lowest BCUT2D eigenvalue weighted by molar-refractivity contribution is 0.331. The van der Waals surface area contributed by atoms with Gasteiger partial charge in [-0.25, -0.2) is 0 Å². The molecule has 0 bridgehead atoms. The normalized spacial score (nSPS) is 12.1. The van der Waals surface area contributed by atoms with Gasteiger partial charge in [0.2, 0.25) is 0 Å². The topological polar surface area (TPSA) is 47.3 Å². The van der Waals surface area contributed by atoms with Gasteiger partial charge in [0, 0.05) is 24.7 Å². The molecule has 0 fully saturated rings. The van der Waals surface area contributed by atoms with Crippen molar-refractivity contribution < 1.29 is 4.74 Å². The Labute approximate surface area is 120 Å². The van der Waals surface area contributed by atoms with Gasteiger partial charge in [0.15, 0.2) is 0 Å². The van der Waals surface area contributed by atoms with Crippen molar-refractivity contribution in [1.29, 1.82) is 0 Å². The van der Waals surface area contributed by atoms with Gasteiger partial charge in [-0.1, -0.05) is 48.5 Å². The van der Waals surface area contributed by atoms with Crippen LogP contribution in [0.1, 0.15) is 24.1 Å². The van der Waals surface area contributed by atoms with Crippen LogP contribution in [0.2, 0.25) is 0 Å². The number of para-hydroxylation sites is 1. The first-order valence-corrected chi connectivity index (χ1v) is 7.04. The van der Waals surface area contributed by atoms with Gasteiger partial charge in [-0.2, -0.15) is 0 Å². The molecule has 0 aliphatic rings. The fourth-order valence-corrected chi connectivity index (χ4v) is 2.21. The summed E-state index contributed by atoms with van der Waals surface area (Å²) in [6.45, 7) is 3.98. The van der Waals surface area contributed by atoms with Gasteiger partial charge in [-0.05, 0) is 18.6 Å². The molecule has 0 heterocycles. The highest BCUT2D eigenvalue weighted by atomic mass is 16.5. The highest BCUT2D eigenvalue weighted by molar-refractivity contribution is 5.36. The molecule has 0 amide bonds. The van der Waals surface area contributed by atoms with Crippen LogP contribution < -0.4 is 15.8 Å². The first-order valence-electron chi connectivity index (χ1n) is 7.04. The number of benzene rings is 2. The molecule has 106 valence electrons. The van der Waals surface area contributed by atoms with E-state index in [0.29, 0.717) is 13.2 Å². The standard InChI is InChI=1S/C17H22N2O/c1-2-20-17-11-7-6-10-15(17)16(12-18)19-13-14-8-4-3-5-9-14/h3-11,16,19H,2,12-13,18H2,1H3. The second kappa shape index (κ2) is 7.68. The summed E-state index contributed by atoms with van der Waals surface area (Å²) in [7, 11) is 0. The van der Waals surface area contributed by atoms with Crippen molar-refractivity contribution in [2.24, 2.45) is 5.73 Å². The molecule has 3 nitrogen and oxygen atoms in total. The van der Waals surface area contributed by atoms with Crippen molar-refractivity contribution >= 4 is 0 Å². The SMILES string of the molecule is CCOc1ccccc1C(CN)NCc1ccccc1. The summed E-state index contributed by atoms with van der Waals surface area (Å²) in [4.78, 5) is 0. The average molecular weight is 270 g/mol. The maximum atomic E-state index is 5.92. The molecule has 0 saturated heterocycles. The van der Waals surface area contributed by atoms with Crippen LogP contribution >= 0.6 is 0 Å². The van der Waals surface area contributed by atoms with Crippen LogP contribution in [-0.2, 0) is 6.54 Å². The molecule has 0 radical (unpaired) electrons. The fraction of sp³-hybridized carbons (Fsp3) is 0.294. The number of hydrogen-bond donors (Lipinski definition) is 2. The molecule has 3 N–H and O–H groups in total. The Balaban J connectivity index is 2.08. The lowest BCUT2D eigenvalue weighted by Gasteiger charge is -2.20. The summed E-state index contributed by atoms with van der Waals surface area (Å²) < 4.78 is 5.68. The molecule has 2 rings (SSSR count). The van der Waals surface area contributed by atoms with Gasteiger partial charge in [-0.15, -0.1) is 0 Å². The Hall–Kier alpha value is -1.84. The fourth-order valence-electron chi connectivity index (χ4n) is 2.21. The molecule has 2 aromatic rings. The van der Waals surface area contributed by atoms with Crippen molar-refractivity contribution in [1.82, 2.24) is 5.32 Å². The smallest absolute Gasteiger partial charge is 0.124 e. The van der Waals surface area contributed by atoms with Crippen LogP contribution in [0.15, 0.2) is 54.6 Å². The second-order valence-electron chi connectivity index (χ2n) is 4.63. The number of rotatable bonds is 7. The van der Waals surface area contributed by atoms with E-state index in [1.54, 1.807) is 0 Å². The minimum atomic E-state index is 0.0953. The maximum absolute atomic E-state index is 5.92. The molecule has 0 aliphatic heterocycles. The first-order chi connectivity index (χ1) is 9.85. The zero-order valence-corrected chi connectivity index (χ0v) is 11.9. The van der Waals surface area contributed by atoms with E-state index >= 15 is 0 Å². The predicted molar refractivity (Wildman–Crippen MR) is 82.7 cm³/mol. The Morgan fingerprint density at radius 1 is 1.05 bits per heavy atom. The highest BCUT2D eigenvalue weighted by Crippen LogP contribution is 2.24. The van der Waals surface area contributed by atoms with Crippen LogP contribution in [0, 0.1) is 0 Å². The van der Waals surface area contributed by atoms with E-state index in [1.165, 1.54) is 5.56 Å². The summed E-state index contributed by atoms with van der Waals surface area (Å²) in [6, 6.07) is 18.5. The lowest BCUT2D eigenvalue weighted by Crippen LogP contribution is -2.28. The molecule has 1 unspecified atom stereocenters. The lowest BCUT2D eigenvalue weighted by atomic mass is 10.1. The van der Waals surface area contributed by atoms with Gasteiger partial charge in [0.1, 0.15) is 5.75 Å². The van der Waals surface area contributed by atoms with Crippen LogP contribution in [-0.4, -0.2) is 13.2 Å². The first kappa shape index (κ1) is 14.6. The highest BCUT2D eigenvalue weighted by Gasteiger charge is 2.13. The number of nitrogens with two attached hydrogens (primary N) is 1.